The fourth-order valence-corrected chi connectivity index (χ4v) is 2.19. The first-order valence-electron chi connectivity index (χ1n) is 6.02. The van der Waals surface area contributed by atoms with Gasteiger partial charge in [0.1, 0.15) is 0 Å². The first-order chi connectivity index (χ1) is 9.56. The molecule has 0 atom stereocenters. The van der Waals surface area contributed by atoms with Gasteiger partial charge in [0, 0.05) is 35.3 Å². The molecular formula is C14H11N3O3. The highest BCUT2D eigenvalue weighted by Gasteiger charge is 2.26. The molecule has 2 heterocycles. The minimum absolute atomic E-state index is 0.0330. The Balaban J connectivity index is 2.13. The number of carbonyl (C=O) groups excluding carboxylic acids is 1. The standard InChI is InChI=1S/C14H11N3O3/c1-8-4-5-15-13(8)7-11-10-6-9(17(19)20)2-3-12(10)16-14(11)18/h2-7,15H,1H3,(H,16,18)/b11-7-. The van der Waals surface area contributed by atoms with Crippen molar-refractivity contribution in [2.24, 2.45) is 0 Å². The van der Waals surface area contributed by atoms with Crippen molar-refractivity contribution in [1.82, 2.24) is 4.98 Å². The molecule has 0 saturated carbocycles. The van der Waals surface area contributed by atoms with Crippen molar-refractivity contribution in [3.63, 3.8) is 0 Å². The van der Waals surface area contributed by atoms with E-state index in [1.807, 2.05) is 13.0 Å². The third kappa shape index (κ3) is 1.87. The summed E-state index contributed by atoms with van der Waals surface area (Å²) in [6, 6.07) is 6.24. The van der Waals surface area contributed by atoms with Crippen LogP contribution in [-0.2, 0) is 4.79 Å². The third-order valence-corrected chi connectivity index (χ3v) is 3.28. The van der Waals surface area contributed by atoms with E-state index in [1.54, 1.807) is 18.3 Å². The van der Waals surface area contributed by atoms with Crippen LogP contribution in [0, 0.1) is 17.0 Å². The number of non-ortho nitro benzene ring substituents is 1. The summed E-state index contributed by atoms with van der Waals surface area (Å²) in [5.41, 5.74) is 3.36. The van der Waals surface area contributed by atoms with Gasteiger partial charge < -0.3 is 10.3 Å². The van der Waals surface area contributed by atoms with E-state index in [0.29, 0.717) is 16.8 Å². The summed E-state index contributed by atoms with van der Waals surface area (Å²) >= 11 is 0. The topological polar surface area (TPSA) is 88.0 Å². The molecule has 0 unspecified atom stereocenters. The second-order valence-electron chi connectivity index (χ2n) is 4.57. The second-order valence-corrected chi connectivity index (χ2v) is 4.57. The van der Waals surface area contributed by atoms with Gasteiger partial charge in [-0.05, 0) is 30.7 Å². The zero-order valence-corrected chi connectivity index (χ0v) is 10.6. The van der Waals surface area contributed by atoms with E-state index in [0.717, 1.165) is 11.3 Å². The number of aryl methyl sites for hydroxylation is 1. The maximum atomic E-state index is 12.0. The van der Waals surface area contributed by atoms with Gasteiger partial charge in [-0.3, -0.25) is 14.9 Å². The molecule has 100 valence electrons. The molecule has 0 radical (unpaired) electrons. The molecule has 0 aliphatic carbocycles. The van der Waals surface area contributed by atoms with Gasteiger partial charge in [-0.25, -0.2) is 0 Å². The number of fused-ring (bicyclic) bond motifs is 1. The van der Waals surface area contributed by atoms with E-state index in [4.69, 9.17) is 0 Å². The predicted molar refractivity (Wildman–Crippen MR) is 75.1 cm³/mol. The molecule has 0 saturated heterocycles. The summed E-state index contributed by atoms with van der Waals surface area (Å²) in [4.78, 5) is 25.4. The summed E-state index contributed by atoms with van der Waals surface area (Å²) in [6.07, 6.45) is 3.49. The lowest BCUT2D eigenvalue weighted by Gasteiger charge is -1.99. The van der Waals surface area contributed by atoms with E-state index >= 15 is 0 Å². The first-order valence-corrected chi connectivity index (χ1v) is 6.02. The fourth-order valence-electron chi connectivity index (χ4n) is 2.19. The highest BCUT2D eigenvalue weighted by atomic mass is 16.6. The molecule has 1 aliphatic heterocycles. The molecule has 1 aromatic heterocycles. The minimum atomic E-state index is -0.472. The minimum Gasteiger partial charge on any atom is -0.361 e. The van der Waals surface area contributed by atoms with Crippen LogP contribution in [-0.4, -0.2) is 15.8 Å². The maximum Gasteiger partial charge on any atom is 0.270 e. The van der Waals surface area contributed by atoms with Gasteiger partial charge in [0.05, 0.1) is 10.5 Å². The Kier molecular flexibility index (Phi) is 2.64. The number of nitrogens with one attached hydrogen (secondary N) is 2. The van der Waals surface area contributed by atoms with Gasteiger partial charge in [0.15, 0.2) is 0 Å². The fraction of sp³-hybridized carbons (Fsp3) is 0.0714. The average Bonchev–Trinajstić information content (AvgIpc) is 2.94. The number of aromatic amines is 1. The van der Waals surface area contributed by atoms with Crippen LogP contribution < -0.4 is 5.32 Å². The van der Waals surface area contributed by atoms with Crippen molar-refractivity contribution in [2.75, 3.05) is 5.32 Å². The van der Waals surface area contributed by atoms with Crippen LogP contribution >= 0.6 is 0 Å². The van der Waals surface area contributed by atoms with Crippen LogP contribution in [0.2, 0.25) is 0 Å². The maximum absolute atomic E-state index is 12.0. The zero-order valence-electron chi connectivity index (χ0n) is 10.6. The van der Waals surface area contributed by atoms with Crippen LogP contribution in [0.5, 0.6) is 0 Å². The smallest absolute Gasteiger partial charge is 0.270 e. The quantitative estimate of drug-likeness (QED) is 0.499. The number of nitro groups is 1. The van der Waals surface area contributed by atoms with Gasteiger partial charge in [-0.15, -0.1) is 0 Å². The lowest BCUT2D eigenvalue weighted by atomic mass is 10.0. The monoisotopic (exact) mass is 269 g/mol. The molecule has 6 heteroatoms. The number of nitrogens with zero attached hydrogens (tertiary/aromatic N) is 1. The number of anilines is 1. The van der Waals surface area contributed by atoms with E-state index in [9.17, 15) is 14.9 Å². The SMILES string of the molecule is Cc1cc[nH]c1/C=C1\C(=O)Nc2ccc([N+](=O)[O-])cc21. The van der Waals surface area contributed by atoms with Crippen LogP contribution in [0.25, 0.3) is 11.6 Å². The molecule has 0 spiro atoms. The summed E-state index contributed by atoms with van der Waals surface area (Å²) in [6.45, 7) is 1.92. The number of nitro benzene ring substituents is 1. The molecule has 0 fully saturated rings. The summed E-state index contributed by atoms with van der Waals surface area (Å²) in [5, 5.41) is 13.5. The van der Waals surface area contributed by atoms with Crippen molar-refractivity contribution in [3.05, 3.63) is 57.4 Å². The number of rotatable bonds is 2. The molecule has 1 amide bonds. The van der Waals surface area contributed by atoms with E-state index in [-0.39, 0.29) is 11.6 Å². The second kappa shape index (κ2) is 4.34. The number of carbonyl (C=O) groups is 1. The number of hydrogen-bond donors (Lipinski definition) is 2. The van der Waals surface area contributed by atoms with Crippen LogP contribution in [0.1, 0.15) is 16.8 Å². The Morgan fingerprint density at radius 1 is 1.30 bits per heavy atom. The Morgan fingerprint density at radius 3 is 2.75 bits per heavy atom. The molecule has 3 rings (SSSR count). The summed E-state index contributed by atoms with van der Waals surface area (Å²) < 4.78 is 0. The normalized spacial score (nSPS) is 15.2. The lowest BCUT2D eigenvalue weighted by Crippen LogP contribution is -2.03. The Hall–Kier alpha value is -2.89. The highest BCUT2D eigenvalue weighted by molar-refractivity contribution is 6.35. The molecule has 1 aromatic carbocycles. The van der Waals surface area contributed by atoms with Gasteiger partial charge in [-0.2, -0.15) is 0 Å². The summed E-state index contributed by atoms with van der Waals surface area (Å²) in [7, 11) is 0. The van der Waals surface area contributed by atoms with Gasteiger partial charge in [0.25, 0.3) is 11.6 Å². The number of hydrogen-bond acceptors (Lipinski definition) is 3. The van der Waals surface area contributed by atoms with Crippen molar-refractivity contribution < 1.29 is 9.72 Å². The summed E-state index contributed by atoms with van der Waals surface area (Å²) in [5.74, 6) is -0.255. The number of aromatic nitrogens is 1. The van der Waals surface area contributed by atoms with Gasteiger partial charge in [-0.1, -0.05) is 0 Å². The average molecular weight is 269 g/mol. The largest absolute Gasteiger partial charge is 0.361 e. The molecule has 2 N–H and O–H groups in total. The van der Waals surface area contributed by atoms with E-state index in [1.165, 1.54) is 12.1 Å². The van der Waals surface area contributed by atoms with E-state index < -0.39 is 4.92 Å². The molecule has 20 heavy (non-hydrogen) atoms. The molecule has 2 aromatic rings. The Labute approximate surface area is 114 Å². The van der Waals surface area contributed by atoms with Crippen molar-refractivity contribution in [1.29, 1.82) is 0 Å². The zero-order chi connectivity index (χ0) is 14.3. The predicted octanol–water partition coefficient (Wildman–Crippen LogP) is 2.72. The first kappa shape index (κ1) is 12.2. The lowest BCUT2D eigenvalue weighted by molar-refractivity contribution is -0.384. The van der Waals surface area contributed by atoms with Crippen molar-refractivity contribution in [3.8, 4) is 0 Å². The van der Waals surface area contributed by atoms with Crippen molar-refractivity contribution in [2.45, 2.75) is 6.92 Å². The Morgan fingerprint density at radius 2 is 2.10 bits per heavy atom. The number of benzene rings is 1. The molecule has 0 bridgehead atoms. The highest BCUT2D eigenvalue weighted by Crippen LogP contribution is 2.35. The molecule has 6 nitrogen and oxygen atoms in total. The van der Waals surface area contributed by atoms with Crippen LogP contribution in [0.4, 0.5) is 11.4 Å². The molecule has 1 aliphatic rings. The van der Waals surface area contributed by atoms with Gasteiger partial charge >= 0.3 is 0 Å². The van der Waals surface area contributed by atoms with Crippen LogP contribution in [0.15, 0.2) is 30.5 Å². The van der Waals surface area contributed by atoms with Gasteiger partial charge in [0.2, 0.25) is 0 Å². The van der Waals surface area contributed by atoms with E-state index in [2.05, 4.69) is 10.3 Å². The van der Waals surface area contributed by atoms with Crippen molar-refractivity contribution >= 4 is 28.9 Å². The van der Waals surface area contributed by atoms with Crippen LogP contribution in [0.3, 0.4) is 0 Å². The number of H-pyrrole nitrogens is 1. The molecular weight excluding hydrogens is 258 g/mol. The third-order valence-electron chi connectivity index (χ3n) is 3.28. The number of amides is 1. The Bertz CT molecular complexity index is 759.